The van der Waals surface area contributed by atoms with Gasteiger partial charge in [-0.05, 0) is 49.4 Å². The molecule has 1 aromatic carbocycles. The largest absolute Gasteiger partial charge is 0.508 e. The van der Waals surface area contributed by atoms with E-state index in [1.165, 1.54) is 12.1 Å². The van der Waals surface area contributed by atoms with Crippen LogP contribution in [-0.2, 0) is 25.6 Å². The number of hydrogen-bond donors (Lipinski definition) is 8. The van der Waals surface area contributed by atoms with Crippen molar-refractivity contribution >= 4 is 36.3 Å². The Balaban J connectivity index is 3.16. The first-order chi connectivity index (χ1) is 17.0. The molecule has 0 spiro atoms. The minimum Gasteiger partial charge on any atom is -0.508 e. The highest BCUT2D eigenvalue weighted by atomic mass is 32.1. The van der Waals surface area contributed by atoms with Crippen LogP contribution in [0.5, 0.6) is 5.75 Å². The average Bonchev–Trinajstić information content (AvgIpc) is 2.85. The molecule has 0 aliphatic rings. The molecule has 0 aliphatic heterocycles. The Labute approximate surface area is 217 Å². The van der Waals surface area contributed by atoms with Crippen LogP contribution in [0, 0.1) is 5.92 Å². The molecule has 11 nitrogen and oxygen atoms in total. The topological polar surface area (TPSA) is 197 Å². The molecule has 0 aromatic heterocycles. The lowest BCUT2D eigenvalue weighted by Crippen LogP contribution is -2.58. The van der Waals surface area contributed by atoms with E-state index in [1.807, 2.05) is 6.92 Å². The van der Waals surface area contributed by atoms with Gasteiger partial charge >= 0.3 is 5.97 Å². The van der Waals surface area contributed by atoms with Crippen LogP contribution < -0.4 is 27.4 Å². The van der Waals surface area contributed by atoms with Crippen molar-refractivity contribution in [1.82, 2.24) is 16.0 Å². The first-order valence-electron chi connectivity index (χ1n) is 12.0. The number of phenolic OH excluding ortho intramolecular Hbond substituents is 1. The highest BCUT2D eigenvalue weighted by Gasteiger charge is 2.32. The van der Waals surface area contributed by atoms with Gasteiger partial charge in [0.1, 0.15) is 23.9 Å². The summed E-state index contributed by atoms with van der Waals surface area (Å²) in [6.45, 7) is 3.93. The molecule has 0 saturated carbocycles. The van der Waals surface area contributed by atoms with E-state index >= 15 is 0 Å². The van der Waals surface area contributed by atoms with Crippen LogP contribution in [0.1, 0.15) is 45.1 Å². The Kier molecular flexibility index (Phi) is 13.9. The number of unbranched alkanes of at least 4 members (excludes halogenated alkanes) is 1. The van der Waals surface area contributed by atoms with Crippen molar-refractivity contribution in [1.29, 1.82) is 0 Å². The molecule has 0 heterocycles. The number of carbonyl (C=O) groups excluding carboxylic acids is 3. The van der Waals surface area contributed by atoms with Crippen LogP contribution in [0.4, 0.5) is 0 Å². The second-order valence-corrected chi connectivity index (χ2v) is 9.14. The number of carboxylic acids is 1. The summed E-state index contributed by atoms with van der Waals surface area (Å²) in [5.74, 6) is -3.25. The van der Waals surface area contributed by atoms with E-state index in [9.17, 15) is 29.4 Å². The van der Waals surface area contributed by atoms with E-state index in [0.717, 1.165) is 0 Å². The van der Waals surface area contributed by atoms with Gasteiger partial charge in [-0.3, -0.25) is 14.4 Å². The van der Waals surface area contributed by atoms with Crippen molar-refractivity contribution in [2.75, 3.05) is 12.3 Å². The standard InChI is InChI=1S/C24H39N5O6S/c1-3-14(2)20(24(34)35)29-23(33)19(12-15-7-9-16(30)10-8-15)28-22(32)18(6-4-5-11-25)27-21(31)17(26)13-36/h7-10,14,17-20,30,36H,3-6,11-13,25-26H2,1-2H3,(H,27,31)(H,28,32)(H,29,33)(H,34,35). The van der Waals surface area contributed by atoms with Gasteiger partial charge in [-0.25, -0.2) is 4.79 Å². The van der Waals surface area contributed by atoms with Crippen LogP contribution in [-0.4, -0.2) is 70.4 Å². The highest BCUT2D eigenvalue weighted by Crippen LogP contribution is 2.13. The number of amides is 3. The number of thiol groups is 1. The van der Waals surface area contributed by atoms with Gasteiger partial charge < -0.3 is 37.6 Å². The molecule has 12 heteroatoms. The zero-order valence-electron chi connectivity index (χ0n) is 20.8. The van der Waals surface area contributed by atoms with Crippen molar-refractivity contribution in [2.24, 2.45) is 17.4 Å². The van der Waals surface area contributed by atoms with Crippen LogP contribution >= 0.6 is 12.6 Å². The lowest BCUT2D eigenvalue weighted by atomic mass is 9.98. The number of hydrogen-bond acceptors (Lipinski definition) is 8. The third-order valence-corrected chi connectivity index (χ3v) is 6.29. The maximum absolute atomic E-state index is 13.2. The molecule has 0 saturated heterocycles. The predicted octanol–water partition coefficient (Wildman–Crippen LogP) is -0.0941. The Bertz CT molecular complexity index is 869. The summed E-state index contributed by atoms with van der Waals surface area (Å²) in [4.78, 5) is 50.4. The number of nitrogens with one attached hydrogen (secondary N) is 3. The van der Waals surface area contributed by atoms with E-state index in [0.29, 0.717) is 31.4 Å². The molecule has 3 amide bonds. The molecule has 0 bridgehead atoms. The van der Waals surface area contributed by atoms with Gasteiger partial charge in [0, 0.05) is 12.2 Å². The predicted molar refractivity (Wildman–Crippen MR) is 139 cm³/mol. The van der Waals surface area contributed by atoms with Crippen LogP contribution in [0.2, 0.25) is 0 Å². The molecule has 9 N–H and O–H groups in total. The molecular formula is C24H39N5O6S. The highest BCUT2D eigenvalue weighted by molar-refractivity contribution is 7.80. The van der Waals surface area contributed by atoms with E-state index < -0.39 is 47.9 Å². The number of aromatic hydroxyl groups is 1. The Morgan fingerprint density at radius 3 is 2.08 bits per heavy atom. The van der Waals surface area contributed by atoms with Gasteiger partial charge in [-0.1, -0.05) is 32.4 Å². The first kappa shape index (κ1) is 31.2. The molecule has 202 valence electrons. The molecule has 0 radical (unpaired) electrons. The SMILES string of the molecule is CCC(C)C(NC(=O)C(Cc1ccc(O)cc1)NC(=O)C(CCCCN)NC(=O)C(N)CS)C(=O)O. The number of phenols is 1. The number of aliphatic carboxylic acids is 1. The lowest BCUT2D eigenvalue weighted by molar-refractivity contribution is -0.143. The number of carboxylic acid groups (broad SMARTS) is 1. The molecule has 36 heavy (non-hydrogen) atoms. The van der Waals surface area contributed by atoms with Crippen molar-refractivity contribution in [3.63, 3.8) is 0 Å². The molecule has 0 fully saturated rings. The molecule has 0 aliphatic carbocycles. The monoisotopic (exact) mass is 525 g/mol. The Morgan fingerprint density at radius 2 is 1.56 bits per heavy atom. The summed E-state index contributed by atoms with van der Waals surface area (Å²) in [6, 6.07) is 1.90. The summed E-state index contributed by atoms with van der Waals surface area (Å²) in [6.07, 6.45) is 2.00. The minimum absolute atomic E-state index is 0.0321. The van der Waals surface area contributed by atoms with Crippen LogP contribution in [0.15, 0.2) is 24.3 Å². The lowest BCUT2D eigenvalue weighted by Gasteiger charge is -2.26. The smallest absolute Gasteiger partial charge is 0.326 e. The van der Waals surface area contributed by atoms with Crippen molar-refractivity contribution in [3.8, 4) is 5.75 Å². The summed E-state index contributed by atoms with van der Waals surface area (Å²) in [7, 11) is 0. The van der Waals surface area contributed by atoms with Gasteiger partial charge in [0.05, 0.1) is 6.04 Å². The molecule has 5 atom stereocenters. The quantitative estimate of drug-likeness (QED) is 0.108. The third kappa shape index (κ3) is 10.4. The molecule has 5 unspecified atom stereocenters. The Morgan fingerprint density at radius 1 is 0.972 bits per heavy atom. The van der Waals surface area contributed by atoms with Gasteiger partial charge in [-0.15, -0.1) is 0 Å². The van der Waals surface area contributed by atoms with E-state index in [1.54, 1.807) is 19.1 Å². The van der Waals surface area contributed by atoms with Gasteiger partial charge in [-0.2, -0.15) is 12.6 Å². The molecular weight excluding hydrogens is 486 g/mol. The van der Waals surface area contributed by atoms with Gasteiger partial charge in [0.25, 0.3) is 0 Å². The van der Waals surface area contributed by atoms with Crippen LogP contribution in [0.25, 0.3) is 0 Å². The van der Waals surface area contributed by atoms with E-state index in [-0.39, 0.29) is 30.3 Å². The van der Waals surface area contributed by atoms with E-state index in [4.69, 9.17) is 11.5 Å². The van der Waals surface area contributed by atoms with Crippen molar-refractivity contribution in [3.05, 3.63) is 29.8 Å². The summed E-state index contributed by atoms with van der Waals surface area (Å²) < 4.78 is 0. The Hall–Kier alpha value is -2.83. The fourth-order valence-corrected chi connectivity index (χ4v) is 3.58. The van der Waals surface area contributed by atoms with Gasteiger partial charge in [0.15, 0.2) is 0 Å². The number of rotatable bonds is 16. The fraction of sp³-hybridized carbons (Fsp3) is 0.583. The summed E-state index contributed by atoms with van der Waals surface area (Å²) in [5.41, 5.74) is 11.9. The number of nitrogens with two attached hydrogens (primary N) is 2. The van der Waals surface area contributed by atoms with Crippen molar-refractivity contribution in [2.45, 2.75) is 70.1 Å². The van der Waals surface area contributed by atoms with Gasteiger partial charge in [0.2, 0.25) is 17.7 Å². The fourth-order valence-electron chi connectivity index (χ4n) is 3.41. The maximum atomic E-state index is 13.2. The normalized spacial score (nSPS) is 15.1. The number of benzene rings is 1. The zero-order chi connectivity index (χ0) is 27.3. The van der Waals surface area contributed by atoms with Crippen LogP contribution in [0.3, 0.4) is 0 Å². The third-order valence-electron chi connectivity index (χ3n) is 5.90. The number of carbonyl (C=O) groups is 4. The summed E-state index contributed by atoms with van der Waals surface area (Å²) >= 11 is 4.01. The molecule has 1 aromatic rings. The second-order valence-electron chi connectivity index (χ2n) is 8.78. The minimum atomic E-state index is -1.18. The average molecular weight is 526 g/mol. The molecule has 1 rings (SSSR count). The summed E-state index contributed by atoms with van der Waals surface area (Å²) in [5, 5.41) is 26.9. The van der Waals surface area contributed by atoms with Crippen molar-refractivity contribution < 1.29 is 29.4 Å². The zero-order valence-corrected chi connectivity index (χ0v) is 21.7. The first-order valence-corrected chi connectivity index (χ1v) is 12.7. The second kappa shape index (κ2) is 16.0. The van der Waals surface area contributed by atoms with E-state index in [2.05, 4.69) is 28.6 Å². The maximum Gasteiger partial charge on any atom is 0.326 e.